The summed E-state index contributed by atoms with van der Waals surface area (Å²) in [5.41, 5.74) is 5.84. The van der Waals surface area contributed by atoms with Crippen LogP contribution in [0.25, 0.3) is 0 Å². The zero-order valence-electron chi connectivity index (χ0n) is 10.6. The number of hydrogen-bond donors (Lipinski definition) is 3. The molecule has 0 radical (unpaired) electrons. The molecule has 4 N–H and O–H groups in total. The van der Waals surface area contributed by atoms with Crippen LogP contribution in [0.4, 0.5) is 0 Å². The van der Waals surface area contributed by atoms with Gasteiger partial charge in [-0.1, -0.05) is 13.3 Å². The third-order valence-electron chi connectivity index (χ3n) is 1.88. The molecule has 0 rings (SSSR count). The lowest BCUT2D eigenvalue weighted by Gasteiger charge is -2.20. The number of nitrogens with one attached hydrogen (secondary N) is 2. The van der Waals surface area contributed by atoms with Gasteiger partial charge in [-0.05, 0) is 27.2 Å². The minimum Gasteiger partial charge on any atom is -0.370 e. The number of guanidine groups is 1. The maximum absolute atomic E-state index is 5.68. The highest BCUT2D eigenvalue weighted by Crippen LogP contribution is 1.96. The van der Waals surface area contributed by atoms with Gasteiger partial charge in [0.05, 0.1) is 0 Å². The number of nitrogens with zero attached hydrogens (tertiary/aromatic N) is 1. The Labute approximate surface area is 93.7 Å². The van der Waals surface area contributed by atoms with E-state index in [4.69, 9.17) is 5.73 Å². The van der Waals surface area contributed by atoms with Crippen molar-refractivity contribution in [3.05, 3.63) is 0 Å². The highest BCUT2D eigenvalue weighted by atomic mass is 15.1. The van der Waals surface area contributed by atoms with Crippen molar-refractivity contribution < 1.29 is 0 Å². The van der Waals surface area contributed by atoms with Crippen LogP contribution >= 0.6 is 0 Å². The van der Waals surface area contributed by atoms with Crippen LogP contribution in [0.3, 0.4) is 0 Å². The first kappa shape index (κ1) is 14.2. The van der Waals surface area contributed by atoms with Gasteiger partial charge in [-0.15, -0.1) is 0 Å². The molecule has 15 heavy (non-hydrogen) atoms. The molecule has 0 unspecified atom stereocenters. The Morgan fingerprint density at radius 1 is 1.27 bits per heavy atom. The van der Waals surface area contributed by atoms with Gasteiger partial charge >= 0.3 is 0 Å². The summed E-state index contributed by atoms with van der Waals surface area (Å²) in [5, 5.41) is 6.45. The standard InChI is InChI=1S/C11H26N4/c1-5-6-7-13-10(12)14-8-9-15-11(2,3)4/h15H,5-9H2,1-4H3,(H3,12,13,14). The van der Waals surface area contributed by atoms with Crippen molar-refractivity contribution in [1.29, 1.82) is 0 Å². The molecule has 4 nitrogen and oxygen atoms in total. The van der Waals surface area contributed by atoms with Gasteiger partial charge < -0.3 is 16.4 Å². The van der Waals surface area contributed by atoms with Crippen LogP contribution in [-0.2, 0) is 0 Å². The third-order valence-corrected chi connectivity index (χ3v) is 1.88. The fourth-order valence-corrected chi connectivity index (χ4v) is 1.04. The average Bonchev–Trinajstić information content (AvgIpc) is 2.11. The lowest BCUT2D eigenvalue weighted by atomic mass is 10.1. The summed E-state index contributed by atoms with van der Waals surface area (Å²) in [5.74, 6) is 0.555. The number of nitrogens with two attached hydrogens (primary N) is 1. The Hall–Kier alpha value is -0.770. The first-order chi connectivity index (χ1) is 6.95. The van der Waals surface area contributed by atoms with E-state index in [1.165, 1.54) is 0 Å². The number of unbranched alkanes of at least 4 members (excludes halogenated alkanes) is 1. The fourth-order valence-electron chi connectivity index (χ4n) is 1.04. The number of rotatable bonds is 6. The summed E-state index contributed by atoms with van der Waals surface area (Å²) < 4.78 is 0. The second-order valence-electron chi connectivity index (χ2n) is 4.72. The predicted molar refractivity (Wildman–Crippen MR) is 67.2 cm³/mol. The molecule has 0 aromatic heterocycles. The van der Waals surface area contributed by atoms with Crippen molar-refractivity contribution in [2.75, 3.05) is 19.6 Å². The summed E-state index contributed by atoms with van der Waals surface area (Å²) >= 11 is 0. The molecule has 0 spiro atoms. The highest BCUT2D eigenvalue weighted by molar-refractivity contribution is 5.77. The molecule has 0 aromatic rings. The second kappa shape index (κ2) is 7.51. The maximum atomic E-state index is 5.68. The van der Waals surface area contributed by atoms with Crippen molar-refractivity contribution >= 4 is 5.96 Å². The van der Waals surface area contributed by atoms with E-state index in [0.717, 1.165) is 32.5 Å². The van der Waals surface area contributed by atoms with Crippen LogP contribution in [0.2, 0.25) is 0 Å². The van der Waals surface area contributed by atoms with Gasteiger partial charge in [0.25, 0.3) is 0 Å². The van der Waals surface area contributed by atoms with Crippen LogP contribution in [0, 0.1) is 0 Å². The van der Waals surface area contributed by atoms with Gasteiger partial charge in [-0.25, -0.2) is 0 Å². The first-order valence-corrected chi connectivity index (χ1v) is 5.74. The van der Waals surface area contributed by atoms with E-state index in [2.05, 4.69) is 43.3 Å². The Morgan fingerprint density at radius 3 is 2.47 bits per heavy atom. The molecule has 0 saturated heterocycles. The van der Waals surface area contributed by atoms with E-state index in [0.29, 0.717) is 5.96 Å². The molecule has 0 aliphatic heterocycles. The van der Waals surface area contributed by atoms with Gasteiger partial charge in [0.1, 0.15) is 0 Å². The molecular weight excluding hydrogens is 188 g/mol. The minimum atomic E-state index is 0.162. The summed E-state index contributed by atoms with van der Waals surface area (Å²) in [6.45, 7) is 11.1. The van der Waals surface area contributed by atoms with E-state index >= 15 is 0 Å². The maximum Gasteiger partial charge on any atom is 0.188 e. The van der Waals surface area contributed by atoms with Crippen LogP contribution in [-0.4, -0.2) is 31.1 Å². The van der Waals surface area contributed by atoms with Crippen LogP contribution < -0.4 is 16.4 Å². The Balaban J connectivity index is 3.46. The summed E-state index contributed by atoms with van der Waals surface area (Å²) in [7, 11) is 0. The predicted octanol–water partition coefficient (Wildman–Crippen LogP) is 1.08. The van der Waals surface area contributed by atoms with Crippen molar-refractivity contribution in [2.45, 2.75) is 46.1 Å². The molecule has 0 aliphatic rings. The minimum absolute atomic E-state index is 0.162. The van der Waals surface area contributed by atoms with Gasteiger partial charge in [0.15, 0.2) is 5.96 Å². The SMILES string of the molecule is CCCCN=C(N)NCCNC(C)(C)C. The first-order valence-electron chi connectivity index (χ1n) is 5.74. The summed E-state index contributed by atoms with van der Waals surface area (Å²) in [4.78, 5) is 4.20. The number of hydrogen-bond acceptors (Lipinski definition) is 2. The van der Waals surface area contributed by atoms with Gasteiger partial charge in [0.2, 0.25) is 0 Å². The van der Waals surface area contributed by atoms with Crippen molar-refractivity contribution in [3.8, 4) is 0 Å². The van der Waals surface area contributed by atoms with Crippen LogP contribution in [0.5, 0.6) is 0 Å². The zero-order chi connectivity index (χ0) is 11.7. The molecule has 0 amide bonds. The molecule has 0 heterocycles. The molecular formula is C11H26N4. The molecule has 0 aliphatic carbocycles. The van der Waals surface area contributed by atoms with Gasteiger partial charge in [-0.3, -0.25) is 4.99 Å². The second-order valence-corrected chi connectivity index (χ2v) is 4.72. The zero-order valence-corrected chi connectivity index (χ0v) is 10.6. The van der Waals surface area contributed by atoms with E-state index in [9.17, 15) is 0 Å². The van der Waals surface area contributed by atoms with Crippen molar-refractivity contribution in [2.24, 2.45) is 10.7 Å². The third kappa shape index (κ3) is 11.2. The summed E-state index contributed by atoms with van der Waals surface area (Å²) in [6, 6.07) is 0. The van der Waals surface area contributed by atoms with E-state index in [1.807, 2.05) is 0 Å². The highest BCUT2D eigenvalue weighted by Gasteiger charge is 2.06. The monoisotopic (exact) mass is 214 g/mol. The Bertz CT molecular complexity index is 182. The van der Waals surface area contributed by atoms with Crippen molar-refractivity contribution in [3.63, 3.8) is 0 Å². The Kier molecular flexibility index (Phi) is 7.13. The molecule has 0 bridgehead atoms. The van der Waals surface area contributed by atoms with Crippen molar-refractivity contribution in [1.82, 2.24) is 10.6 Å². The van der Waals surface area contributed by atoms with E-state index < -0.39 is 0 Å². The van der Waals surface area contributed by atoms with E-state index in [-0.39, 0.29) is 5.54 Å². The Morgan fingerprint density at radius 2 is 1.93 bits per heavy atom. The molecule has 0 atom stereocenters. The smallest absolute Gasteiger partial charge is 0.188 e. The quantitative estimate of drug-likeness (QED) is 0.352. The normalized spacial score (nSPS) is 12.9. The largest absolute Gasteiger partial charge is 0.370 e. The molecule has 0 fully saturated rings. The fraction of sp³-hybridized carbons (Fsp3) is 0.909. The van der Waals surface area contributed by atoms with Gasteiger partial charge in [-0.2, -0.15) is 0 Å². The number of aliphatic imine (C=N–C) groups is 1. The molecule has 90 valence electrons. The van der Waals surface area contributed by atoms with E-state index in [1.54, 1.807) is 0 Å². The molecule has 0 aromatic carbocycles. The lowest BCUT2D eigenvalue weighted by Crippen LogP contribution is -2.43. The molecule has 0 saturated carbocycles. The lowest BCUT2D eigenvalue weighted by molar-refractivity contribution is 0.428. The van der Waals surface area contributed by atoms with Crippen LogP contribution in [0.1, 0.15) is 40.5 Å². The van der Waals surface area contributed by atoms with Crippen LogP contribution in [0.15, 0.2) is 4.99 Å². The topological polar surface area (TPSA) is 62.4 Å². The van der Waals surface area contributed by atoms with Gasteiger partial charge in [0, 0.05) is 25.2 Å². The summed E-state index contributed by atoms with van der Waals surface area (Å²) in [6.07, 6.45) is 2.25. The average molecular weight is 214 g/mol. The molecule has 4 heteroatoms.